The van der Waals surface area contributed by atoms with Crippen LogP contribution in [0.25, 0.3) is 0 Å². The van der Waals surface area contributed by atoms with Crippen LogP contribution in [-0.2, 0) is 0 Å². The lowest BCUT2D eigenvalue weighted by Crippen LogP contribution is -2.21. The molecule has 0 bridgehead atoms. The Kier molecular flexibility index (Phi) is 2.92. The molecular formula is C8H15N3S. The molecule has 1 rings (SSSR count). The highest BCUT2D eigenvalue weighted by Crippen LogP contribution is 2.21. The molecule has 0 aliphatic carbocycles. The maximum atomic E-state index is 5.52. The van der Waals surface area contributed by atoms with E-state index in [2.05, 4.69) is 30.2 Å². The minimum absolute atomic E-state index is 0.616. The molecule has 68 valence electrons. The van der Waals surface area contributed by atoms with Gasteiger partial charge in [-0.1, -0.05) is 13.8 Å². The van der Waals surface area contributed by atoms with E-state index in [0.29, 0.717) is 11.7 Å². The molecule has 2 N–H and O–H groups in total. The van der Waals surface area contributed by atoms with Crippen molar-refractivity contribution in [3.8, 4) is 0 Å². The summed E-state index contributed by atoms with van der Waals surface area (Å²) in [5.74, 6) is 1.28. The van der Waals surface area contributed by atoms with Crippen LogP contribution in [0.15, 0.2) is 6.07 Å². The van der Waals surface area contributed by atoms with E-state index >= 15 is 0 Å². The van der Waals surface area contributed by atoms with Crippen LogP contribution in [0.3, 0.4) is 0 Å². The van der Waals surface area contributed by atoms with Crippen LogP contribution in [-0.4, -0.2) is 18.0 Å². The number of aromatic nitrogens is 1. The zero-order valence-electron chi connectivity index (χ0n) is 7.74. The van der Waals surface area contributed by atoms with Crippen molar-refractivity contribution in [2.75, 3.05) is 24.2 Å². The predicted octanol–water partition coefficient (Wildman–Crippen LogP) is 1.82. The molecule has 0 spiro atoms. The Bertz CT molecular complexity index is 244. The summed E-state index contributed by atoms with van der Waals surface area (Å²) in [4.78, 5) is 2.18. The van der Waals surface area contributed by atoms with Gasteiger partial charge >= 0.3 is 0 Å². The van der Waals surface area contributed by atoms with Gasteiger partial charge in [-0.25, -0.2) is 0 Å². The number of nitrogens with zero attached hydrogens (tertiary/aromatic N) is 2. The van der Waals surface area contributed by atoms with Gasteiger partial charge in [0.05, 0.1) is 0 Å². The highest BCUT2D eigenvalue weighted by atomic mass is 32.1. The average molecular weight is 185 g/mol. The van der Waals surface area contributed by atoms with Gasteiger partial charge in [0.1, 0.15) is 10.8 Å². The molecule has 1 aromatic heterocycles. The number of nitrogens with two attached hydrogens (primary N) is 1. The summed E-state index contributed by atoms with van der Waals surface area (Å²) in [5.41, 5.74) is 5.52. The molecule has 1 heterocycles. The smallest absolute Gasteiger partial charge is 0.139 e. The number of nitrogen functional groups attached to an aromatic ring is 1. The van der Waals surface area contributed by atoms with Crippen molar-refractivity contribution in [1.29, 1.82) is 0 Å². The molecule has 0 saturated carbocycles. The summed E-state index contributed by atoms with van der Waals surface area (Å²) in [6.45, 7) is 5.43. The van der Waals surface area contributed by atoms with Crippen molar-refractivity contribution < 1.29 is 0 Å². The standard InChI is InChI=1S/C8H15N3S/c1-6(2)5-11(3)8-4-7(9)10-12-8/h4,6H,5H2,1-3H3,(H2,9,10). The molecule has 1 aromatic rings. The summed E-state index contributed by atoms with van der Waals surface area (Å²) in [6, 6.07) is 1.91. The fraction of sp³-hybridized carbons (Fsp3) is 0.625. The first kappa shape index (κ1) is 9.32. The Morgan fingerprint density at radius 3 is 2.75 bits per heavy atom. The number of hydrogen-bond donors (Lipinski definition) is 1. The van der Waals surface area contributed by atoms with Crippen LogP contribution in [0.5, 0.6) is 0 Å². The fourth-order valence-corrected chi connectivity index (χ4v) is 1.74. The molecule has 12 heavy (non-hydrogen) atoms. The van der Waals surface area contributed by atoms with E-state index in [4.69, 9.17) is 5.73 Å². The number of hydrogen-bond acceptors (Lipinski definition) is 4. The van der Waals surface area contributed by atoms with Crippen LogP contribution in [0.2, 0.25) is 0 Å². The van der Waals surface area contributed by atoms with Gasteiger partial charge < -0.3 is 10.6 Å². The predicted molar refractivity (Wildman–Crippen MR) is 54.6 cm³/mol. The van der Waals surface area contributed by atoms with Crippen LogP contribution >= 0.6 is 11.5 Å². The molecule has 0 aliphatic rings. The third-order valence-corrected chi connectivity index (χ3v) is 2.45. The van der Waals surface area contributed by atoms with Gasteiger partial charge in [0.15, 0.2) is 0 Å². The lowest BCUT2D eigenvalue weighted by Gasteiger charge is -2.18. The maximum Gasteiger partial charge on any atom is 0.139 e. The molecule has 0 atom stereocenters. The monoisotopic (exact) mass is 185 g/mol. The van der Waals surface area contributed by atoms with Crippen molar-refractivity contribution in [2.45, 2.75) is 13.8 Å². The second-order valence-corrected chi connectivity index (χ2v) is 4.15. The van der Waals surface area contributed by atoms with Crippen LogP contribution in [0, 0.1) is 5.92 Å². The van der Waals surface area contributed by atoms with E-state index in [1.807, 2.05) is 6.07 Å². The van der Waals surface area contributed by atoms with Crippen molar-refractivity contribution >= 4 is 22.4 Å². The number of rotatable bonds is 3. The van der Waals surface area contributed by atoms with Crippen molar-refractivity contribution in [3.63, 3.8) is 0 Å². The summed E-state index contributed by atoms with van der Waals surface area (Å²) in [6.07, 6.45) is 0. The Morgan fingerprint density at radius 1 is 1.67 bits per heavy atom. The van der Waals surface area contributed by atoms with Gasteiger partial charge in [-0.2, -0.15) is 4.37 Å². The van der Waals surface area contributed by atoms with Gasteiger partial charge in [-0.15, -0.1) is 0 Å². The van der Waals surface area contributed by atoms with Gasteiger partial charge in [0.2, 0.25) is 0 Å². The third kappa shape index (κ3) is 2.37. The largest absolute Gasteiger partial charge is 0.383 e. The molecule has 0 fully saturated rings. The maximum absolute atomic E-state index is 5.52. The van der Waals surface area contributed by atoms with Gasteiger partial charge in [0.25, 0.3) is 0 Å². The minimum Gasteiger partial charge on any atom is -0.383 e. The second-order valence-electron chi connectivity index (χ2n) is 3.36. The van der Waals surface area contributed by atoms with Crippen molar-refractivity contribution in [2.24, 2.45) is 5.92 Å². The van der Waals surface area contributed by atoms with E-state index in [1.165, 1.54) is 11.5 Å². The zero-order chi connectivity index (χ0) is 9.14. The second kappa shape index (κ2) is 3.76. The summed E-state index contributed by atoms with van der Waals surface area (Å²) in [7, 11) is 2.06. The van der Waals surface area contributed by atoms with Crippen LogP contribution in [0.1, 0.15) is 13.8 Å². The van der Waals surface area contributed by atoms with Gasteiger partial charge in [-0.05, 0) is 17.5 Å². The Labute approximate surface area is 77.4 Å². The lowest BCUT2D eigenvalue weighted by molar-refractivity contribution is 0.641. The first-order chi connectivity index (χ1) is 5.59. The zero-order valence-corrected chi connectivity index (χ0v) is 8.56. The van der Waals surface area contributed by atoms with Crippen LogP contribution in [0.4, 0.5) is 10.8 Å². The molecule has 0 unspecified atom stereocenters. The molecule has 0 saturated heterocycles. The van der Waals surface area contributed by atoms with Gasteiger partial charge in [0, 0.05) is 19.7 Å². The molecule has 4 heteroatoms. The fourth-order valence-electron chi connectivity index (χ4n) is 1.10. The molecule has 0 aromatic carbocycles. The van der Waals surface area contributed by atoms with E-state index in [0.717, 1.165) is 11.5 Å². The highest BCUT2D eigenvalue weighted by Gasteiger charge is 2.05. The minimum atomic E-state index is 0.616. The Morgan fingerprint density at radius 2 is 2.33 bits per heavy atom. The quantitative estimate of drug-likeness (QED) is 0.781. The molecule has 0 radical (unpaired) electrons. The highest BCUT2D eigenvalue weighted by molar-refractivity contribution is 7.10. The summed E-state index contributed by atoms with van der Waals surface area (Å²) in [5, 5.41) is 1.14. The third-order valence-electron chi connectivity index (χ3n) is 1.53. The first-order valence-electron chi connectivity index (χ1n) is 4.03. The normalized spacial score (nSPS) is 10.7. The molecule has 0 amide bonds. The average Bonchev–Trinajstić information content (AvgIpc) is 2.34. The molecule has 3 nitrogen and oxygen atoms in total. The van der Waals surface area contributed by atoms with Crippen molar-refractivity contribution in [1.82, 2.24) is 4.37 Å². The Hall–Kier alpha value is -0.770. The summed E-state index contributed by atoms with van der Waals surface area (Å²) < 4.78 is 4.02. The SMILES string of the molecule is CC(C)CN(C)c1cc(N)ns1. The Balaban J connectivity index is 2.58. The molecular weight excluding hydrogens is 170 g/mol. The molecule has 0 aliphatic heterocycles. The number of anilines is 2. The van der Waals surface area contributed by atoms with E-state index < -0.39 is 0 Å². The topological polar surface area (TPSA) is 42.1 Å². The van der Waals surface area contributed by atoms with Crippen LogP contribution < -0.4 is 10.6 Å². The van der Waals surface area contributed by atoms with Crippen molar-refractivity contribution in [3.05, 3.63) is 6.07 Å². The van der Waals surface area contributed by atoms with E-state index in [1.54, 1.807) is 0 Å². The van der Waals surface area contributed by atoms with E-state index in [-0.39, 0.29) is 0 Å². The van der Waals surface area contributed by atoms with E-state index in [9.17, 15) is 0 Å². The van der Waals surface area contributed by atoms with Gasteiger partial charge in [-0.3, -0.25) is 0 Å². The lowest BCUT2D eigenvalue weighted by atomic mass is 10.2. The first-order valence-corrected chi connectivity index (χ1v) is 4.80. The summed E-state index contributed by atoms with van der Waals surface area (Å²) >= 11 is 1.45.